The van der Waals surface area contributed by atoms with E-state index < -0.39 is 11.4 Å². The number of carboxylic acids is 1. The zero-order valence-electron chi connectivity index (χ0n) is 18.7. The van der Waals surface area contributed by atoms with Gasteiger partial charge in [0.05, 0.1) is 5.39 Å². The van der Waals surface area contributed by atoms with Gasteiger partial charge in [0.2, 0.25) is 11.4 Å². The molecule has 5 rings (SSSR count). The molecule has 2 aromatic heterocycles. The first kappa shape index (κ1) is 21.4. The fraction of sp³-hybridized carbons (Fsp3) is 0.417. The van der Waals surface area contributed by atoms with Crippen LogP contribution in [0.15, 0.2) is 41.5 Å². The van der Waals surface area contributed by atoms with Crippen LogP contribution < -0.4 is 15.6 Å². The molecule has 3 heterocycles. The van der Waals surface area contributed by atoms with Gasteiger partial charge in [0.15, 0.2) is 0 Å². The molecule has 172 valence electrons. The van der Waals surface area contributed by atoms with Crippen LogP contribution in [0.4, 0.5) is 17.3 Å². The SMILES string of the molecule is CN1CCN(c2ccc(Nc3ncc4c(=O)c(C(=O)O)cn(C5CCCC5)c4n3)cc2)CC1. The number of hydrogen-bond donors (Lipinski definition) is 2. The maximum Gasteiger partial charge on any atom is 0.341 e. The van der Waals surface area contributed by atoms with Crippen molar-refractivity contribution >= 4 is 34.3 Å². The predicted octanol–water partition coefficient (Wildman–Crippen LogP) is 3.10. The Kier molecular flexibility index (Phi) is 5.72. The molecule has 9 nitrogen and oxygen atoms in total. The Labute approximate surface area is 191 Å². The lowest BCUT2D eigenvalue weighted by atomic mass is 10.1. The second kappa shape index (κ2) is 8.82. The van der Waals surface area contributed by atoms with E-state index in [-0.39, 0.29) is 17.0 Å². The van der Waals surface area contributed by atoms with Crippen LogP contribution in [0.5, 0.6) is 0 Å². The highest BCUT2D eigenvalue weighted by molar-refractivity contribution is 5.91. The Hall–Kier alpha value is -3.46. The lowest BCUT2D eigenvalue weighted by molar-refractivity contribution is 0.0694. The third kappa shape index (κ3) is 4.28. The number of benzene rings is 1. The Morgan fingerprint density at radius 3 is 2.45 bits per heavy atom. The lowest BCUT2D eigenvalue weighted by Gasteiger charge is -2.34. The van der Waals surface area contributed by atoms with Gasteiger partial charge in [-0.15, -0.1) is 0 Å². The topological polar surface area (TPSA) is 104 Å². The molecule has 2 N–H and O–H groups in total. The summed E-state index contributed by atoms with van der Waals surface area (Å²) < 4.78 is 1.86. The summed E-state index contributed by atoms with van der Waals surface area (Å²) in [6.07, 6.45) is 6.93. The number of piperazine rings is 1. The highest BCUT2D eigenvalue weighted by Gasteiger charge is 2.23. The van der Waals surface area contributed by atoms with Crippen molar-refractivity contribution < 1.29 is 9.90 Å². The molecule has 0 unspecified atom stereocenters. The number of nitrogens with zero attached hydrogens (tertiary/aromatic N) is 5. The molecule has 0 bridgehead atoms. The Bertz CT molecular complexity index is 1230. The fourth-order valence-electron chi connectivity index (χ4n) is 4.76. The molecule has 1 aliphatic heterocycles. The summed E-state index contributed by atoms with van der Waals surface area (Å²) >= 11 is 0. The molecule has 0 atom stereocenters. The zero-order chi connectivity index (χ0) is 22.9. The van der Waals surface area contributed by atoms with Gasteiger partial charge >= 0.3 is 5.97 Å². The van der Waals surface area contributed by atoms with Crippen molar-refractivity contribution in [1.82, 2.24) is 19.4 Å². The molecule has 0 amide bonds. The van der Waals surface area contributed by atoms with E-state index >= 15 is 0 Å². The molecule has 1 saturated carbocycles. The van der Waals surface area contributed by atoms with Crippen molar-refractivity contribution in [1.29, 1.82) is 0 Å². The van der Waals surface area contributed by atoms with Crippen LogP contribution in [0.2, 0.25) is 0 Å². The molecular weight excluding hydrogens is 420 g/mol. The van der Waals surface area contributed by atoms with Gasteiger partial charge in [-0.3, -0.25) is 4.79 Å². The summed E-state index contributed by atoms with van der Waals surface area (Å²) in [4.78, 5) is 38.0. The number of fused-ring (bicyclic) bond motifs is 1. The average Bonchev–Trinajstić information content (AvgIpc) is 3.35. The minimum atomic E-state index is -1.23. The van der Waals surface area contributed by atoms with E-state index in [1.807, 2.05) is 16.7 Å². The minimum absolute atomic E-state index is 0.136. The molecule has 3 aromatic rings. The number of hydrogen-bond acceptors (Lipinski definition) is 7. The summed E-state index contributed by atoms with van der Waals surface area (Å²) in [6, 6.07) is 8.30. The van der Waals surface area contributed by atoms with Crippen molar-refractivity contribution in [3.63, 3.8) is 0 Å². The van der Waals surface area contributed by atoms with Gasteiger partial charge in [-0.2, -0.15) is 4.98 Å². The van der Waals surface area contributed by atoms with E-state index in [1.54, 1.807) is 0 Å². The van der Waals surface area contributed by atoms with E-state index in [0.717, 1.165) is 57.5 Å². The molecule has 1 aliphatic carbocycles. The standard InChI is InChI=1S/C24H28N6O3/c1-28-10-12-29(13-11-28)17-8-6-16(7-9-17)26-24-25-14-19-21(31)20(23(32)33)15-30(22(19)27-24)18-4-2-3-5-18/h6-9,14-15,18H,2-5,10-13H2,1H3,(H,32,33)(H,25,26,27). The first-order valence-electron chi connectivity index (χ1n) is 11.5. The van der Waals surface area contributed by atoms with Crippen molar-refractivity contribution in [2.24, 2.45) is 0 Å². The van der Waals surface area contributed by atoms with Gasteiger partial charge in [-0.25, -0.2) is 9.78 Å². The molecular formula is C24H28N6O3. The third-order valence-electron chi connectivity index (χ3n) is 6.71. The quantitative estimate of drug-likeness (QED) is 0.614. The monoisotopic (exact) mass is 448 g/mol. The minimum Gasteiger partial charge on any atom is -0.477 e. The normalized spacial score (nSPS) is 17.5. The van der Waals surface area contributed by atoms with Gasteiger partial charge in [0.25, 0.3) is 0 Å². The van der Waals surface area contributed by atoms with Crippen molar-refractivity contribution in [2.45, 2.75) is 31.7 Å². The summed E-state index contributed by atoms with van der Waals surface area (Å²) in [5.74, 6) is -0.847. The summed E-state index contributed by atoms with van der Waals surface area (Å²) in [7, 11) is 2.14. The molecule has 1 saturated heterocycles. The maximum atomic E-state index is 12.7. The van der Waals surface area contributed by atoms with Crippen LogP contribution in [-0.4, -0.2) is 63.7 Å². The van der Waals surface area contributed by atoms with Gasteiger partial charge in [0, 0.05) is 56.0 Å². The average molecular weight is 449 g/mol. The highest BCUT2D eigenvalue weighted by Crippen LogP contribution is 2.31. The van der Waals surface area contributed by atoms with E-state index in [9.17, 15) is 14.7 Å². The molecule has 33 heavy (non-hydrogen) atoms. The van der Waals surface area contributed by atoms with E-state index in [2.05, 4.69) is 44.3 Å². The fourth-order valence-corrected chi connectivity index (χ4v) is 4.76. The number of carboxylic acid groups (broad SMARTS) is 1. The number of rotatable bonds is 5. The Morgan fingerprint density at radius 1 is 1.09 bits per heavy atom. The first-order chi connectivity index (χ1) is 16.0. The predicted molar refractivity (Wildman–Crippen MR) is 128 cm³/mol. The molecule has 0 spiro atoms. The van der Waals surface area contributed by atoms with Crippen LogP contribution in [0.1, 0.15) is 42.1 Å². The van der Waals surface area contributed by atoms with Crippen LogP contribution >= 0.6 is 0 Å². The third-order valence-corrected chi connectivity index (χ3v) is 6.71. The molecule has 2 aliphatic rings. The molecule has 9 heteroatoms. The number of anilines is 3. The van der Waals surface area contributed by atoms with E-state index in [0.29, 0.717) is 11.6 Å². The summed E-state index contributed by atoms with van der Waals surface area (Å²) in [6.45, 7) is 4.12. The second-order valence-electron chi connectivity index (χ2n) is 8.92. The van der Waals surface area contributed by atoms with Crippen LogP contribution in [0, 0.1) is 0 Å². The van der Waals surface area contributed by atoms with Crippen molar-refractivity contribution in [2.75, 3.05) is 43.4 Å². The number of nitrogens with one attached hydrogen (secondary N) is 1. The number of aromatic nitrogens is 3. The van der Waals surface area contributed by atoms with Gasteiger partial charge < -0.3 is 24.8 Å². The van der Waals surface area contributed by atoms with Gasteiger partial charge in [-0.05, 0) is 44.2 Å². The number of aromatic carboxylic acids is 1. The Morgan fingerprint density at radius 2 is 1.79 bits per heavy atom. The number of likely N-dealkylation sites (N-methyl/N-ethyl adjacent to an activating group) is 1. The maximum absolute atomic E-state index is 12.7. The van der Waals surface area contributed by atoms with Crippen molar-refractivity contribution in [3.8, 4) is 0 Å². The number of pyridine rings is 1. The van der Waals surface area contributed by atoms with Crippen LogP contribution in [0.25, 0.3) is 11.0 Å². The zero-order valence-corrected chi connectivity index (χ0v) is 18.7. The smallest absolute Gasteiger partial charge is 0.341 e. The lowest BCUT2D eigenvalue weighted by Crippen LogP contribution is -2.44. The molecule has 0 radical (unpaired) electrons. The van der Waals surface area contributed by atoms with E-state index in [1.165, 1.54) is 18.1 Å². The second-order valence-corrected chi connectivity index (χ2v) is 8.92. The summed E-state index contributed by atoms with van der Waals surface area (Å²) in [5, 5.41) is 13.0. The highest BCUT2D eigenvalue weighted by atomic mass is 16.4. The van der Waals surface area contributed by atoms with Gasteiger partial charge in [0.1, 0.15) is 11.2 Å². The van der Waals surface area contributed by atoms with Crippen LogP contribution in [0.3, 0.4) is 0 Å². The largest absolute Gasteiger partial charge is 0.477 e. The molecule has 2 fully saturated rings. The first-order valence-corrected chi connectivity index (χ1v) is 11.5. The molecule has 1 aromatic carbocycles. The van der Waals surface area contributed by atoms with Crippen molar-refractivity contribution in [3.05, 3.63) is 52.4 Å². The summed E-state index contributed by atoms with van der Waals surface area (Å²) in [5.41, 5.74) is 1.73. The Balaban J connectivity index is 1.44. The van der Waals surface area contributed by atoms with Gasteiger partial charge in [-0.1, -0.05) is 12.8 Å². The van der Waals surface area contributed by atoms with Crippen LogP contribution in [-0.2, 0) is 0 Å². The van der Waals surface area contributed by atoms with E-state index in [4.69, 9.17) is 0 Å². The number of carbonyl (C=O) groups is 1.